The zero-order valence-corrected chi connectivity index (χ0v) is 10.3. The molecule has 0 spiro atoms. The Labute approximate surface area is 106 Å². The number of benzene rings is 2. The van der Waals surface area contributed by atoms with Crippen molar-refractivity contribution in [2.24, 2.45) is 0 Å². The van der Waals surface area contributed by atoms with Crippen LogP contribution in [0.1, 0.15) is 18.4 Å². The Kier molecular flexibility index (Phi) is 3.80. The van der Waals surface area contributed by atoms with E-state index in [9.17, 15) is 4.39 Å². The summed E-state index contributed by atoms with van der Waals surface area (Å²) in [5, 5.41) is 1.96. The normalized spacial score (nSPS) is 10.7. The van der Waals surface area contributed by atoms with Gasteiger partial charge in [0, 0.05) is 5.88 Å². The summed E-state index contributed by atoms with van der Waals surface area (Å²) in [6.45, 7) is 4.08. The van der Waals surface area contributed by atoms with Crippen LogP contribution in [0.3, 0.4) is 0 Å². The van der Waals surface area contributed by atoms with Gasteiger partial charge in [0.1, 0.15) is 5.82 Å². The van der Waals surface area contributed by atoms with E-state index in [4.69, 9.17) is 11.6 Å². The number of halogens is 2. The maximum atomic E-state index is 13.1. The van der Waals surface area contributed by atoms with Crippen molar-refractivity contribution in [3.63, 3.8) is 0 Å². The second-order valence-corrected chi connectivity index (χ2v) is 4.45. The molecule has 0 amide bonds. The Balaban J connectivity index is 2.43. The fourth-order valence-electron chi connectivity index (χ4n) is 1.98. The minimum absolute atomic E-state index is 0.207. The van der Waals surface area contributed by atoms with Crippen LogP contribution in [0.15, 0.2) is 43.0 Å². The Hall–Kier alpha value is -1.34. The molecule has 0 bridgehead atoms. The van der Waals surface area contributed by atoms with E-state index in [1.165, 1.54) is 6.07 Å². The summed E-state index contributed by atoms with van der Waals surface area (Å²) >= 11 is 5.68. The molecule has 0 radical (unpaired) electrons. The Morgan fingerprint density at radius 2 is 2.06 bits per heavy atom. The highest BCUT2D eigenvalue weighted by Crippen LogP contribution is 2.27. The van der Waals surface area contributed by atoms with Gasteiger partial charge in [-0.25, -0.2) is 4.39 Å². The van der Waals surface area contributed by atoms with Crippen LogP contribution in [0.2, 0.25) is 0 Å². The number of fused-ring (bicyclic) bond motifs is 1. The van der Waals surface area contributed by atoms with Crippen LogP contribution in [0.25, 0.3) is 16.3 Å². The van der Waals surface area contributed by atoms with Crippen LogP contribution >= 0.6 is 11.6 Å². The highest BCUT2D eigenvalue weighted by molar-refractivity contribution is 6.17. The summed E-state index contributed by atoms with van der Waals surface area (Å²) in [7, 11) is 0. The number of hydrogen-bond donors (Lipinski definition) is 0. The van der Waals surface area contributed by atoms with E-state index >= 15 is 0 Å². The molecule has 2 rings (SSSR count). The second kappa shape index (κ2) is 5.33. The molecule has 0 saturated carbocycles. The monoisotopic (exact) mass is 248 g/mol. The fourth-order valence-corrected chi connectivity index (χ4v) is 2.11. The van der Waals surface area contributed by atoms with Crippen LogP contribution in [0, 0.1) is 5.82 Å². The van der Waals surface area contributed by atoms with Crippen LogP contribution in [0.4, 0.5) is 4.39 Å². The van der Waals surface area contributed by atoms with E-state index in [0.717, 1.165) is 34.8 Å². The van der Waals surface area contributed by atoms with Gasteiger partial charge in [0.15, 0.2) is 0 Å². The lowest BCUT2D eigenvalue weighted by atomic mass is 9.96. The quantitative estimate of drug-likeness (QED) is 0.667. The third-order valence-corrected chi connectivity index (χ3v) is 3.10. The molecular formula is C15H14ClF. The SMILES string of the molecule is C=C(CCCCl)c1cccc2cc(F)ccc12. The molecule has 17 heavy (non-hydrogen) atoms. The van der Waals surface area contributed by atoms with Crippen LogP contribution in [-0.2, 0) is 0 Å². The Morgan fingerprint density at radius 1 is 1.24 bits per heavy atom. The first kappa shape index (κ1) is 12.1. The van der Waals surface area contributed by atoms with Crippen molar-refractivity contribution in [3.05, 3.63) is 54.4 Å². The average Bonchev–Trinajstić information content (AvgIpc) is 2.34. The number of rotatable bonds is 4. The predicted molar refractivity (Wildman–Crippen MR) is 72.9 cm³/mol. The van der Waals surface area contributed by atoms with Crippen LogP contribution in [0.5, 0.6) is 0 Å². The summed E-state index contributed by atoms with van der Waals surface area (Å²) in [5.74, 6) is 0.430. The molecule has 88 valence electrons. The van der Waals surface area contributed by atoms with Gasteiger partial charge in [0.2, 0.25) is 0 Å². The Bertz CT molecular complexity index is 546. The zero-order valence-electron chi connectivity index (χ0n) is 9.55. The molecular weight excluding hydrogens is 235 g/mol. The van der Waals surface area contributed by atoms with E-state index in [1.54, 1.807) is 6.07 Å². The molecule has 0 atom stereocenters. The van der Waals surface area contributed by atoms with Crippen molar-refractivity contribution in [2.45, 2.75) is 12.8 Å². The molecule has 0 nitrogen and oxygen atoms in total. The van der Waals surface area contributed by atoms with E-state index < -0.39 is 0 Å². The maximum Gasteiger partial charge on any atom is 0.123 e. The Morgan fingerprint density at radius 3 is 2.82 bits per heavy atom. The topological polar surface area (TPSA) is 0 Å². The van der Waals surface area contributed by atoms with Crippen molar-refractivity contribution >= 4 is 27.9 Å². The van der Waals surface area contributed by atoms with Gasteiger partial charge in [0.05, 0.1) is 0 Å². The highest BCUT2D eigenvalue weighted by Gasteiger charge is 2.05. The largest absolute Gasteiger partial charge is 0.207 e. The van der Waals surface area contributed by atoms with Gasteiger partial charge in [0.25, 0.3) is 0 Å². The average molecular weight is 249 g/mol. The third-order valence-electron chi connectivity index (χ3n) is 2.84. The number of hydrogen-bond acceptors (Lipinski definition) is 0. The molecule has 0 aromatic heterocycles. The summed E-state index contributed by atoms with van der Waals surface area (Å²) in [6.07, 6.45) is 1.79. The summed E-state index contributed by atoms with van der Waals surface area (Å²) in [6, 6.07) is 10.7. The maximum absolute atomic E-state index is 13.1. The van der Waals surface area contributed by atoms with Crippen molar-refractivity contribution in [1.82, 2.24) is 0 Å². The lowest BCUT2D eigenvalue weighted by molar-refractivity contribution is 0.630. The van der Waals surface area contributed by atoms with E-state index in [2.05, 4.69) is 6.58 Å². The molecule has 2 aromatic rings. The van der Waals surface area contributed by atoms with Crippen molar-refractivity contribution in [1.29, 1.82) is 0 Å². The van der Waals surface area contributed by atoms with Crippen molar-refractivity contribution < 1.29 is 4.39 Å². The molecule has 2 heteroatoms. The third kappa shape index (κ3) is 2.67. The van der Waals surface area contributed by atoms with Gasteiger partial charge in [-0.3, -0.25) is 0 Å². The molecule has 0 N–H and O–H groups in total. The highest BCUT2D eigenvalue weighted by atomic mass is 35.5. The number of alkyl halides is 1. The minimum Gasteiger partial charge on any atom is -0.207 e. The van der Waals surface area contributed by atoms with Gasteiger partial charge >= 0.3 is 0 Å². The number of allylic oxidation sites excluding steroid dienone is 1. The molecule has 2 aromatic carbocycles. The molecule has 0 aliphatic rings. The molecule has 0 fully saturated rings. The predicted octanol–water partition coefficient (Wildman–Crippen LogP) is 5.01. The van der Waals surface area contributed by atoms with Gasteiger partial charge < -0.3 is 0 Å². The van der Waals surface area contributed by atoms with E-state index in [-0.39, 0.29) is 5.82 Å². The summed E-state index contributed by atoms with van der Waals surface area (Å²) < 4.78 is 13.1. The summed E-state index contributed by atoms with van der Waals surface area (Å²) in [4.78, 5) is 0. The first-order chi connectivity index (χ1) is 8.22. The van der Waals surface area contributed by atoms with Gasteiger partial charge in [-0.05, 0) is 46.9 Å². The van der Waals surface area contributed by atoms with E-state index in [0.29, 0.717) is 5.88 Å². The standard InChI is InChI=1S/C15H14ClF/c1-11(4-3-9-16)14-6-2-5-12-10-13(17)7-8-15(12)14/h2,5-8,10H,1,3-4,9H2. The van der Waals surface area contributed by atoms with E-state index in [1.807, 2.05) is 24.3 Å². The van der Waals surface area contributed by atoms with Gasteiger partial charge in [-0.2, -0.15) is 0 Å². The zero-order chi connectivity index (χ0) is 12.3. The van der Waals surface area contributed by atoms with Crippen LogP contribution < -0.4 is 0 Å². The second-order valence-electron chi connectivity index (χ2n) is 4.07. The molecule has 0 aliphatic carbocycles. The smallest absolute Gasteiger partial charge is 0.123 e. The molecule has 0 unspecified atom stereocenters. The summed E-state index contributed by atoms with van der Waals surface area (Å²) in [5.41, 5.74) is 2.15. The fraction of sp³-hybridized carbons (Fsp3) is 0.200. The lowest BCUT2D eigenvalue weighted by Crippen LogP contribution is -1.87. The molecule has 0 aliphatic heterocycles. The molecule has 0 saturated heterocycles. The minimum atomic E-state index is -0.207. The first-order valence-electron chi connectivity index (χ1n) is 5.65. The van der Waals surface area contributed by atoms with Crippen molar-refractivity contribution in [2.75, 3.05) is 5.88 Å². The van der Waals surface area contributed by atoms with Gasteiger partial charge in [-0.1, -0.05) is 30.8 Å². The van der Waals surface area contributed by atoms with Crippen LogP contribution in [-0.4, -0.2) is 5.88 Å². The first-order valence-corrected chi connectivity index (χ1v) is 6.18. The lowest BCUT2D eigenvalue weighted by Gasteiger charge is -2.09. The van der Waals surface area contributed by atoms with Gasteiger partial charge in [-0.15, -0.1) is 11.6 Å². The van der Waals surface area contributed by atoms with Crippen molar-refractivity contribution in [3.8, 4) is 0 Å². The molecule has 0 heterocycles.